The standard InChI is InChI=1S/C8H11N.C2H6/c1-5-8(7(3)4)9-6-2;1-2/h5-6H,1-3H2,4H3;1-2H3. The van der Waals surface area contributed by atoms with Crippen molar-refractivity contribution in [1.29, 1.82) is 0 Å². The van der Waals surface area contributed by atoms with Crippen molar-refractivity contribution in [3.8, 4) is 0 Å². The normalized spacial score (nSPS) is 9.18. The molecule has 0 bridgehead atoms. The summed E-state index contributed by atoms with van der Waals surface area (Å²) in [5, 5.41) is 0. The fraction of sp³-hybridized carbons (Fsp3) is 0.300. The smallest absolute Gasteiger partial charge is 0.0646 e. The van der Waals surface area contributed by atoms with Crippen LogP contribution in [0.15, 0.2) is 42.6 Å². The Morgan fingerprint density at radius 1 is 1.27 bits per heavy atom. The Bertz CT molecular complexity index is 164. The molecule has 0 rings (SSSR count). The third kappa shape index (κ3) is 6.78. The molecule has 62 valence electrons. The molecule has 0 saturated carbocycles. The van der Waals surface area contributed by atoms with Crippen LogP contribution in [0.1, 0.15) is 20.8 Å². The number of hydrogen-bond donors (Lipinski definition) is 0. The minimum Gasteiger partial charge on any atom is -0.257 e. The molecule has 0 unspecified atom stereocenters. The summed E-state index contributed by atoms with van der Waals surface area (Å²) in [5.74, 6) is 0. The van der Waals surface area contributed by atoms with Crippen LogP contribution in [0.5, 0.6) is 0 Å². The van der Waals surface area contributed by atoms with Crippen LogP contribution in [0.2, 0.25) is 0 Å². The van der Waals surface area contributed by atoms with Crippen molar-refractivity contribution < 1.29 is 0 Å². The number of rotatable bonds is 3. The van der Waals surface area contributed by atoms with Gasteiger partial charge in [0, 0.05) is 6.20 Å². The Hall–Kier alpha value is -1.11. The molecule has 0 aromatic rings. The van der Waals surface area contributed by atoms with Gasteiger partial charge >= 0.3 is 0 Å². The number of aliphatic imine (C=N–C) groups is 1. The van der Waals surface area contributed by atoms with E-state index < -0.39 is 0 Å². The molecule has 0 saturated heterocycles. The fourth-order valence-electron chi connectivity index (χ4n) is 0.435. The third-order valence-corrected chi connectivity index (χ3v) is 0.861. The van der Waals surface area contributed by atoms with E-state index in [1.165, 1.54) is 6.20 Å². The molecule has 0 heterocycles. The lowest BCUT2D eigenvalue weighted by Gasteiger charge is -1.93. The Morgan fingerprint density at radius 2 is 1.73 bits per heavy atom. The van der Waals surface area contributed by atoms with Gasteiger partial charge in [0.2, 0.25) is 0 Å². The van der Waals surface area contributed by atoms with Crippen LogP contribution in [0.3, 0.4) is 0 Å². The summed E-state index contributed by atoms with van der Waals surface area (Å²) in [5.41, 5.74) is 1.70. The maximum Gasteiger partial charge on any atom is 0.0646 e. The first-order valence-corrected chi connectivity index (χ1v) is 3.69. The molecule has 0 aliphatic rings. The van der Waals surface area contributed by atoms with Crippen molar-refractivity contribution in [3.05, 3.63) is 37.6 Å². The van der Waals surface area contributed by atoms with E-state index in [1.54, 1.807) is 6.08 Å². The highest BCUT2D eigenvalue weighted by Gasteiger charge is 1.88. The van der Waals surface area contributed by atoms with Crippen LogP contribution >= 0.6 is 0 Å². The third-order valence-electron chi connectivity index (χ3n) is 0.861. The summed E-state index contributed by atoms with van der Waals surface area (Å²) < 4.78 is 0. The minimum absolute atomic E-state index is 0.796. The first-order chi connectivity index (χ1) is 5.22. The predicted octanol–water partition coefficient (Wildman–Crippen LogP) is 3.36. The largest absolute Gasteiger partial charge is 0.257 e. The van der Waals surface area contributed by atoms with Gasteiger partial charge in [-0.25, -0.2) is 0 Å². The van der Waals surface area contributed by atoms with Crippen molar-refractivity contribution in [2.45, 2.75) is 20.8 Å². The molecule has 0 atom stereocenters. The van der Waals surface area contributed by atoms with E-state index in [4.69, 9.17) is 0 Å². The highest BCUT2D eigenvalue weighted by molar-refractivity contribution is 6.07. The molecule has 0 fully saturated rings. The van der Waals surface area contributed by atoms with E-state index in [9.17, 15) is 0 Å². The van der Waals surface area contributed by atoms with Crippen LogP contribution in [-0.4, -0.2) is 5.71 Å². The summed E-state index contributed by atoms with van der Waals surface area (Å²) in [6.45, 7) is 16.6. The number of hydrogen-bond acceptors (Lipinski definition) is 1. The second-order valence-corrected chi connectivity index (χ2v) is 1.68. The van der Waals surface area contributed by atoms with E-state index in [1.807, 2.05) is 20.8 Å². The van der Waals surface area contributed by atoms with Gasteiger partial charge in [0.15, 0.2) is 0 Å². The number of nitrogens with zero attached hydrogens (tertiary/aromatic N) is 1. The van der Waals surface area contributed by atoms with Crippen molar-refractivity contribution in [1.82, 2.24) is 0 Å². The van der Waals surface area contributed by atoms with Gasteiger partial charge in [-0.1, -0.05) is 33.6 Å². The lowest BCUT2D eigenvalue weighted by atomic mass is 10.2. The molecule has 0 amide bonds. The van der Waals surface area contributed by atoms with Gasteiger partial charge in [-0.2, -0.15) is 0 Å². The molecule has 1 nitrogen and oxygen atoms in total. The van der Waals surface area contributed by atoms with Gasteiger partial charge in [0.05, 0.1) is 5.71 Å². The maximum absolute atomic E-state index is 3.91. The topological polar surface area (TPSA) is 12.4 Å². The van der Waals surface area contributed by atoms with Crippen molar-refractivity contribution in [2.75, 3.05) is 0 Å². The highest BCUT2D eigenvalue weighted by Crippen LogP contribution is 1.93. The predicted molar refractivity (Wildman–Crippen MR) is 54.0 cm³/mol. The Morgan fingerprint density at radius 3 is 1.82 bits per heavy atom. The second-order valence-electron chi connectivity index (χ2n) is 1.68. The summed E-state index contributed by atoms with van der Waals surface area (Å²) in [7, 11) is 0. The monoisotopic (exact) mass is 151 g/mol. The first-order valence-electron chi connectivity index (χ1n) is 3.69. The molecule has 0 aliphatic carbocycles. The summed E-state index contributed by atoms with van der Waals surface area (Å²) >= 11 is 0. The van der Waals surface area contributed by atoms with Gasteiger partial charge in [0.25, 0.3) is 0 Å². The zero-order chi connectivity index (χ0) is 9.28. The van der Waals surface area contributed by atoms with E-state index in [-0.39, 0.29) is 0 Å². The van der Waals surface area contributed by atoms with Gasteiger partial charge in [-0.15, -0.1) is 0 Å². The summed E-state index contributed by atoms with van der Waals surface area (Å²) in [6, 6.07) is 0. The molecule has 0 aromatic carbocycles. The molecule has 1 heteroatoms. The van der Waals surface area contributed by atoms with Gasteiger partial charge in [-0.3, -0.25) is 4.99 Å². The molecule has 0 aliphatic heterocycles. The van der Waals surface area contributed by atoms with Crippen LogP contribution in [0.25, 0.3) is 0 Å². The first kappa shape index (κ1) is 12.6. The lowest BCUT2D eigenvalue weighted by Crippen LogP contribution is -1.90. The molecule has 0 radical (unpaired) electrons. The maximum atomic E-state index is 3.91. The molecule has 0 aromatic heterocycles. The fourth-order valence-corrected chi connectivity index (χ4v) is 0.435. The Kier molecular flexibility index (Phi) is 10.1. The van der Waals surface area contributed by atoms with Gasteiger partial charge < -0.3 is 0 Å². The zero-order valence-corrected chi connectivity index (χ0v) is 7.72. The van der Waals surface area contributed by atoms with Gasteiger partial charge in [0.1, 0.15) is 0 Å². The number of allylic oxidation sites excluding steroid dienone is 2. The van der Waals surface area contributed by atoms with Gasteiger partial charge in [-0.05, 0) is 18.6 Å². The van der Waals surface area contributed by atoms with E-state index in [0.717, 1.165) is 11.3 Å². The van der Waals surface area contributed by atoms with Crippen molar-refractivity contribution in [2.24, 2.45) is 4.99 Å². The van der Waals surface area contributed by atoms with Crippen LogP contribution in [-0.2, 0) is 0 Å². The van der Waals surface area contributed by atoms with Crippen molar-refractivity contribution >= 4 is 5.71 Å². The van der Waals surface area contributed by atoms with Crippen LogP contribution in [0.4, 0.5) is 0 Å². The SMILES string of the molecule is C=CN=C(C=C)C(=C)C.CC. The highest BCUT2D eigenvalue weighted by atomic mass is 14.7. The Labute approximate surface area is 69.9 Å². The molecular weight excluding hydrogens is 134 g/mol. The molecule has 0 N–H and O–H groups in total. The van der Waals surface area contributed by atoms with E-state index in [0.29, 0.717) is 0 Å². The average Bonchev–Trinajstić information content (AvgIpc) is 2.03. The quantitative estimate of drug-likeness (QED) is 0.548. The second kappa shape index (κ2) is 8.89. The molecular formula is C10H17N. The lowest BCUT2D eigenvalue weighted by molar-refractivity contribution is 1.50. The average molecular weight is 151 g/mol. The summed E-state index contributed by atoms with van der Waals surface area (Å²) in [6.07, 6.45) is 3.13. The van der Waals surface area contributed by atoms with Crippen molar-refractivity contribution in [3.63, 3.8) is 0 Å². The van der Waals surface area contributed by atoms with Crippen LogP contribution < -0.4 is 0 Å². The summed E-state index contributed by atoms with van der Waals surface area (Å²) in [4.78, 5) is 3.91. The van der Waals surface area contributed by atoms with E-state index >= 15 is 0 Å². The zero-order valence-electron chi connectivity index (χ0n) is 7.72. The molecule has 0 spiro atoms. The van der Waals surface area contributed by atoms with Crippen LogP contribution in [0, 0.1) is 0 Å². The minimum atomic E-state index is 0.796. The molecule has 11 heavy (non-hydrogen) atoms. The Balaban J connectivity index is 0. The van der Waals surface area contributed by atoms with E-state index in [2.05, 4.69) is 24.7 Å².